The van der Waals surface area contributed by atoms with Crippen LogP contribution in [0.2, 0.25) is 0 Å². The molecule has 0 radical (unpaired) electrons. The standard InChI is InChI=1S/C18H22O8S/c1-10(19)24-14-9-18(17(22)23-4,26-12(3)21)8-13(15-6-5-7-27-15)16(14)25-11(2)20/h5,7-8,14-16H,6,9H2,1-4H3/t14?,15?,16?,18-/m0/s1. The molecule has 0 spiro atoms. The van der Waals surface area contributed by atoms with Crippen molar-refractivity contribution in [3.05, 3.63) is 23.1 Å². The van der Waals surface area contributed by atoms with Crippen LogP contribution in [0.25, 0.3) is 0 Å². The van der Waals surface area contributed by atoms with Gasteiger partial charge >= 0.3 is 23.9 Å². The van der Waals surface area contributed by atoms with Crippen LogP contribution in [-0.4, -0.2) is 54.0 Å². The highest BCUT2D eigenvalue weighted by atomic mass is 32.2. The zero-order valence-electron chi connectivity index (χ0n) is 15.6. The summed E-state index contributed by atoms with van der Waals surface area (Å²) >= 11 is 1.47. The number of carbonyl (C=O) groups is 4. The maximum atomic E-state index is 12.5. The molecule has 0 bridgehead atoms. The van der Waals surface area contributed by atoms with Crippen molar-refractivity contribution >= 4 is 35.6 Å². The molecule has 2 aliphatic rings. The van der Waals surface area contributed by atoms with E-state index in [2.05, 4.69) is 0 Å². The molecule has 9 heteroatoms. The van der Waals surface area contributed by atoms with Crippen LogP contribution in [-0.2, 0) is 38.1 Å². The van der Waals surface area contributed by atoms with Crippen LogP contribution in [0.3, 0.4) is 0 Å². The van der Waals surface area contributed by atoms with E-state index in [-0.39, 0.29) is 11.7 Å². The highest BCUT2D eigenvalue weighted by Crippen LogP contribution is 2.42. The molecule has 0 amide bonds. The van der Waals surface area contributed by atoms with E-state index >= 15 is 0 Å². The first-order valence-corrected chi connectivity index (χ1v) is 9.28. The Kier molecular flexibility index (Phi) is 6.69. The van der Waals surface area contributed by atoms with Crippen molar-refractivity contribution in [2.45, 2.75) is 56.7 Å². The van der Waals surface area contributed by atoms with E-state index in [1.54, 1.807) is 0 Å². The summed E-state index contributed by atoms with van der Waals surface area (Å²) in [6.45, 7) is 3.63. The molecule has 0 aromatic rings. The molecule has 8 nitrogen and oxygen atoms in total. The first-order chi connectivity index (χ1) is 12.7. The fourth-order valence-corrected chi connectivity index (χ4v) is 4.22. The zero-order valence-corrected chi connectivity index (χ0v) is 16.4. The summed E-state index contributed by atoms with van der Waals surface area (Å²) in [5, 5.41) is 1.73. The molecule has 0 fully saturated rings. The number of carbonyl (C=O) groups excluding carboxylic acids is 4. The van der Waals surface area contributed by atoms with E-state index in [4.69, 9.17) is 18.9 Å². The number of hydrogen-bond donors (Lipinski definition) is 0. The number of rotatable bonds is 5. The van der Waals surface area contributed by atoms with Gasteiger partial charge in [-0.3, -0.25) is 14.4 Å². The van der Waals surface area contributed by atoms with Gasteiger partial charge in [0.25, 0.3) is 0 Å². The van der Waals surface area contributed by atoms with Crippen LogP contribution >= 0.6 is 11.8 Å². The van der Waals surface area contributed by atoms with Crippen molar-refractivity contribution in [2.24, 2.45) is 0 Å². The van der Waals surface area contributed by atoms with Gasteiger partial charge in [0, 0.05) is 32.4 Å². The summed E-state index contributed by atoms with van der Waals surface area (Å²) in [5.41, 5.74) is -1.24. The summed E-state index contributed by atoms with van der Waals surface area (Å²) in [6, 6.07) is 0. The maximum Gasteiger partial charge on any atom is 0.354 e. The average molecular weight is 398 g/mol. The molecule has 0 aromatic carbocycles. The van der Waals surface area contributed by atoms with Crippen LogP contribution < -0.4 is 0 Å². The Morgan fingerprint density at radius 3 is 2.22 bits per heavy atom. The van der Waals surface area contributed by atoms with Crippen LogP contribution in [0.5, 0.6) is 0 Å². The van der Waals surface area contributed by atoms with Crippen molar-refractivity contribution in [1.29, 1.82) is 0 Å². The van der Waals surface area contributed by atoms with Gasteiger partial charge in [0.05, 0.1) is 7.11 Å². The SMILES string of the molecule is COC(=O)[C@]1(OC(C)=O)C=C(C2CC=CS2)C(OC(C)=O)C(OC(C)=O)C1. The number of thioether (sulfide) groups is 1. The number of ether oxygens (including phenoxy) is 4. The highest BCUT2D eigenvalue weighted by Gasteiger charge is 2.53. The van der Waals surface area contributed by atoms with Gasteiger partial charge in [-0.05, 0) is 23.5 Å². The Morgan fingerprint density at radius 2 is 1.74 bits per heavy atom. The second-order valence-corrected chi connectivity index (χ2v) is 7.35. The topological polar surface area (TPSA) is 105 Å². The van der Waals surface area contributed by atoms with Crippen molar-refractivity contribution in [1.82, 2.24) is 0 Å². The van der Waals surface area contributed by atoms with Gasteiger partial charge < -0.3 is 18.9 Å². The highest BCUT2D eigenvalue weighted by molar-refractivity contribution is 8.03. The molecule has 1 aliphatic heterocycles. The lowest BCUT2D eigenvalue weighted by molar-refractivity contribution is -0.186. The van der Waals surface area contributed by atoms with Gasteiger partial charge in [-0.15, -0.1) is 11.8 Å². The lowest BCUT2D eigenvalue weighted by Gasteiger charge is -2.40. The fourth-order valence-electron chi connectivity index (χ4n) is 3.23. The van der Waals surface area contributed by atoms with E-state index in [9.17, 15) is 19.2 Å². The lowest BCUT2D eigenvalue weighted by atomic mass is 9.80. The second-order valence-electron chi connectivity index (χ2n) is 6.23. The smallest absolute Gasteiger partial charge is 0.354 e. The number of hydrogen-bond acceptors (Lipinski definition) is 9. The second kappa shape index (κ2) is 8.60. The molecule has 0 aromatic heterocycles. The van der Waals surface area contributed by atoms with Crippen LogP contribution in [0.15, 0.2) is 23.1 Å². The Morgan fingerprint density at radius 1 is 1.07 bits per heavy atom. The first-order valence-electron chi connectivity index (χ1n) is 8.34. The van der Waals surface area contributed by atoms with E-state index in [1.165, 1.54) is 45.7 Å². The summed E-state index contributed by atoms with van der Waals surface area (Å²) in [7, 11) is 1.17. The Balaban J connectivity index is 2.57. The first kappa shape index (κ1) is 21.0. The van der Waals surface area contributed by atoms with Crippen molar-refractivity contribution in [2.75, 3.05) is 7.11 Å². The molecule has 1 heterocycles. The predicted molar refractivity (Wildman–Crippen MR) is 95.5 cm³/mol. The Labute approximate surface area is 161 Å². The minimum atomic E-state index is -1.77. The number of methoxy groups -OCH3 is 1. The Bertz CT molecular complexity index is 689. The van der Waals surface area contributed by atoms with E-state index in [0.717, 1.165) is 0 Å². The van der Waals surface area contributed by atoms with Gasteiger partial charge in [0.15, 0.2) is 6.10 Å². The van der Waals surface area contributed by atoms with E-state index in [1.807, 2.05) is 11.5 Å². The normalized spacial score (nSPS) is 29.5. The van der Waals surface area contributed by atoms with Crippen LogP contribution in [0.4, 0.5) is 0 Å². The summed E-state index contributed by atoms with van der Waals surface area (Å²) in [6.07, 6.45) is 1.91. The molecule has 4 atom stereocenters. The molecule has 0 saturated carbocycles. The van der Waals surface area contributed by atoms with Gasteiger partial charge in [0.2, 0.25) is 5.60 Å². The van der Waals surface area contributed by atoms with Crippen LogP contribution in [0, 0.1) is 0 Å². The van der Waals surface area contributed by atoms with E-state index in [0.29, 0.717) is 12.0 Å². The molecule has 0 N–H and O–H groups in total. The summed E-state index contributed by atoms with van der Waals surface area (Å²) in [4.78, 5) is 47.5. The predicted octanol–water partition coefficient (Wildman–Crippen LogP) is 1.67. The largest absolute Gasteiger partial charge is 0.466 e. The molecule has 3 unspecified atom stereocenters. The minimum Gasteiger partial charge on any atom is -0.466 e. The van der Waals surface area contributed by atoms with Crippen molar-refractivity contribution < 1.29 is 38.1 Å². The lowest BCUT2D eigenvalue weighted by Crippen LogP contribution is -2.54. The van der Waals surface area contributed by atoms with Crippen LogP contribution in [0.1, 0.15) is 33.6 Å². The summed E-state index contributed by atoms with van der Waals surface area (Å²) < 4.78 is 20.9. The monoisotopic (exact) mass is 398 g/mol. The van der Waals surface area contributed by atoms with Crippen molar-refractivity contribution in [3.8, 4) is 0 Å². The molecule has 27 heavy (non-hydrogen) atoms. The Hall–Kier alpha value is -2.29. The minimum absolute atomic E-state index is 0.160. The zero-order chi connectivity index (χ0) is 20.2. The third kappa shape index (κ3) is 4.91. The molecule has 0 saturated heterocycles. The molecular formula is C18H22O8S. The summed E-state index contributed by atoms with van der Waals surface area (Å²) in [5.74, 6) is -2.67. The third-order valence-corrected chi connectivity index (χ3v) is 5.24. The average Bonchev–Trinajstić information content (AvgIpc) is 3.09. The quantitative estimate of drug-likeness (QED) is 0.388. The fraction of sp³-hybridized carbons (Fsp3) is 0.556. The molecular weight excluding hydrogens is 376 g/mol. The van der Waals surface area contributed by atoms with Crippen molar-refractivity contribution in [3.63, 3.8) is 0 Å². The van der Waals surface area contributed by atoms with Gasteiger partial charge in [-0.1, -0.05) is 6.08 Å². The number of allylic oxidation sites excluding steroid dienone is 1. The van der Waals surface area contributed by atoms with E-state index < -0.39 is 41.7 Å². The van der Waals surface area contributed by atoms with Gasteiger partial charge in [0.1, 0.15) is 6.10 Å². The third-order valence-electron chi connectivity index (χ3n) is 4.10. The molecule has 1 aliphatic carbocycles. The molecule has 148 valence electrons. The van der Waals surface area contributed by atoms with Gasteiger partial charge in [-0.2, -0.15) is 0 Å². The number of esters is 4. The maximum absolute atomic E-state index is 12.5. The molecule has 2 rings (SSSR count). The van der Waals surface area contributed by atoms with Gasteiger partial charge in [-0.25, -0.2) is 4.79 Å².